The Morgan fingerprint density at radius 2 is 1.94 bits per heavy atom. The summed E-state index contributed by atoms with van der Waals surface area (Å²) in [6.45, 7) is 2.99. The molecule has 5 heteroatoms. The number of carbonyl (C=O) groups excluding carboxylic acids is 1. The summed E-state index contributed by atoms with van der Waals surface area (Å²) < 4.78 is 1.07. The Balaban J connectivity index is 0.00000289. The topological polar surface area (TPSA) is 46.3 Å². The second kappa shape index (κ2) is 8.51. The molecule has 0 saturated carbocycles. The quantitative estimate of drug-likeness (QED) is 0.898. The molecule has 2 N–H and O–H groups in total. The van der Waals surface area contributed by atoms with E-state index in [1.54, 1.807) is 4.90 Å². The van der Waals surface area contributed by atoms with E-state index in [9.17, 15) is 4.79 Å². The number of nitrogens with zero attached hydrogens (tertiary/aromatic N) is 1. The van der Waals surface area contributed by atoms with Gasteiger partial charge >= 0.3 is 0 Å². The van der Waals surface area contributed by atoms with Crippen LogP contribution in [0.2, 0.25) is 0 Å². The zero-order valence-electron chi connectivity index (χ0n) is 10.7. The molecular weight excluding hydrogens is 316 g/mol. The van der Waals surface area contributed by atoms with Crippen LogP contribution < -0.4 is 5.73 Å². The van der Waals surface area contributed by atoms with Crippen molar-refractivity contribution in [2.75, 3.05) is 20.1 Å². The normalized spacial score (nSPS) is 11.6. The maximum atomic E-state index is 11.8. The fourth-order valence-electron chi connectivity index (χ4n) is 1.54. The van der Waals surface area contributed by atoms with E-state index in [-0.39, 0.29) is 24.2 Å². The highest BCUT2D eigenvalue weighted by atomic mass is 79.9. The molecule has 0 aliphatic carbocycles. The van der Waals surface area contributed by atoms with Crippen LogP contribution in [0.15, 0.2) is 28.7 Å². The minimum atomic E-state index is -0.0927. The Bertz CT molecular complexity index is 370. The van der Waals surface area contributed by atoms with Gasteiger partial charge in [-0.15, -0.1) is 12.4 Å². The number of halogens is 2. The van der Waals surface area contributed by atoms with E-state index >= 15 is 0 Å². The lowest BCUT2D eigenvalue weighted by Crippen LogP contribution is -2.36. The Kier molecular flexibility index (Phi) is 8.24. The van der Waals surface area contributed by atoms with Crippen LogP contribution in [0, 0.1) is 5.92 Å². The first-order chi connectivity index (χ1) is 8.04. The number of hydrogen-bond acceptors (Lipinski definition) is 2. The van der Waals surface area contributed by atoms with Crippen molar-refractivity contribution in [3.8, 4) is 0 Å². The van der Waals surface area contributed by atoms with Gasteiger partial charge in [-0.3, -0.25) is 4.79 Å². The number of carbonyl (C=O) groups is 1. The molecule has 102 valence electrons. The molecule has 0 saturated heterocycles. The molecule has 0 spiro atoms. The second-order valence-electron chi connectivity index (χ2n) is 4.27. The zero-order valence-corrected chi connectivity index (χ0v) is 13.1. The highest BCUT2D eigenvalue weighted by molar-refractivity contribution is 9.10. The van der Waals surface area contributed by atoms with Crippen LogP contribution in [0.1, 0.15) is 12.5 Å². The highest BCUT2D eigenvalue weighted by Gasteiger charge is 2.15. The van der Waals surface area contributed by atoms with Gasteiger partial charge in [-0.1, -0.05) is 35.0 Å². The van der Waals surface area contributed by atoms with E-state index in [1.165, 1.54) is 5.56 Å². The molecule has 0 aliphatic heterocycles. The third-order valence-corrected chi connectivity index (χ3v) is 3.33. The molecule has 1 aromatic carbocycles. The summed E-state index contributed by atoms with van der Waals surface area (Å²) in [5.41, 5.74) is 6.71. The van der Waals surface area contributed by atoms with Gasteiger partial charge < -0.3 is 10.6 Å². The van der Waals surface area contributed by atoms with E-state index in [0.29, 0.717) is 6.54 Å². The zero-order chi connectivity index (χ0) is 12.8. The molecule has 1 atom stereocenters. The molecular formula is C13H20BrClN2O. The van der Waals surface area contributed by atoms with Crippen LogP contribution in [0.3, 0.4) is 0 Å². The summed E-state index contributed by atoms with van der Waals surface area (Å²) in [6, 6.07) is 8.16. The average molecular weight is 336 g/mol. The number of amides is 1. The van der Waals surface area contributed by atoms with Gasteiger partial charge in [0.1, 0.15) is 0 Å². The molecule has 1 amide bonds. The van der Waals surface area contributed by atoms with E-state index < -0.39 is 0 Å². The number of rotatable bonds is 5. The van der Waals surface area contributed by atoms with Crippen molar-refractivity contribution in [2.24, 2.45) is 11.7 Å². The lowest BCUT2D eigenvalue weighted by molar-refractivity contribution is -0.133. The first-order valence-corrected chi connectivity index (χ1v) is 6.53. The summed E-state index contributed by atoms with van der Waals surface area (Å²) in [4.78, 5) is 13.5. The fraction of sp³-hybridized carbons (Fsp3) is 0.462. The van der Waals surface area contributed by atoms with E-state index in [1.807, 2.05) is 26.1 Å². The predicted octanol–water partition coefficient (Wildman–Crippen LogP) is 2.47. The van der Waals surface area contributed by atoms with Crippen molar-refractivity contribution in [2.45, 2.75) is 13.3 Å². The van der Waals surface area contributed by atoms with Crippen molar-refractivity contribution >= 4 is 34.2 Å². The standard InChI is InChI=1S/C13H19BrN2O.ClH/c1-10(9-15)13(17)16(2)8-7-11-3-5-12(14)6-4-11;/h3-6,10H,7-9,15H2,1-2H3;1H. The largest absolute Gasteiger partial charge is 0.345 e. The summed E-state index contributed by atoms with van der Waals surface area (Å²) in [6.07, 6.45) is 0.868. The molecule has 18 heavy (non-hydrogen) atoms. The molecule has 0 aliphatic rings. The molecule has 0 aromatic heterocycles. The van der Waals surface area contributed by atoms with Gasteiger partial charge in [-0.05, 0) is 24.1 Å². The van der Waals surface area contributed by atoms with Crippen LogP contribution in [-0.4, -0.2) is 30.9 Å². The van der Waals surface area contributed by atoms with Gasteiger partial charge in [0.05, 0.1) is 0 Å². The van der Waals surface area contributed by atoms with Gasteiger partial charge in [0.15, 0.2) is 0 Å². The van der Waals surface area contributed by atoms with Crippen LogP contribution in [0.4, 0.5) is 0 Å². The minimum absolute atomic E-state index is 0. The summed E-state index contributed by atoms with van der Waals surface area (Å²) in [5.74, 6) is 0.0227. The molecule has 0 radical (unpaired) electrons. The predicted molar refractivity (Wildman–Crippen MR) is 80.9 cm³/mol. The van der Waals surface area contributed by atoms with E-state index in [4.69, 9.17) is 5.73 Å². The van der Waals surface area contributed by atoms with Gasteiger partial charge in [0, 0.05) is 30.5 Å². The maximum absolute atomic E-state index is 11.8. The Hall–Kier alpha value is -0.580. The highest BCUT2D eigenvalue weighted by Crippen LogP contribution is 2.11. The maximum Gasteiger partial charge on any atom is 0.226 e. The average Bonchev–Trinajstić information content (AvgIpc) is 2.35. The molecule has 0 bridgehead atoms. The van der Waals surface area contributed by atoms with Gasteiger partial charge in [0.25, 0.3) is 0 Å². The fourth-order valence-corrected chi connectivity index (χ4v) is 1.80. The molecule has 3 nitrogen and oxygen atoms in total. The van der Waals surface area contributed by atoms with E-state index in [2.05, 4.69) is 28.1 Å². The summed E-state index contributed by atoms with van der Waals surface area (Å²) in [7, 11) is 1.83. The summed E-state index contributed by atoms with van der Waals surface area (Å²) >= 11 is 3.40. The lowest BCUT2D eigenvalue weighted by atomic mass is 10.1. The summed E-state index contributed by atoms with van der Waals surface area (Å²) in [5, 5.41) is 0. The Morgan fingerprint density at radius 3 is 2.44 bits per heavy atom. The monoisotopic (exact) mass is 334 g/mol. The van der Waals surface area contributed by atoms with Crippen molar-refractivity contribution in [3.63, 3.8) is 0 Å². The van der Waals surface area contributed by atoms with Crippen LogP contribution in [0.25, 0.3) is 0 Å². The van der Waals surface area contributed by atoms with Crippen molar-refractivity contribution in [3.05, 3.63) is 34.3 Å². The van der Waals surface area contributed by atoms with Gasteiger partial charge in [0.2, 0.25) is 5.91 Å². The van der Waals surface area contributed by atoms with Crippen LogP contribution in [0.5, 0.6) is 0 Å². The number of nitrogens with two attached hydrogens (primary N) is 1. The van der Waals surface area contributed by atoms with Crippen molar-refractivity contribution in [1.82, 2.24) is 4.90 Å². The van der Waals surface area contributed by atoms with Gasteiger partial charge in [-0.25, -0.2) is 0 Å². The molecule has 0 heterocycles. The molecule has 1 unspecified atom stereocenters. The Morgan fingerprint density at radius 1 is 1.39 bits per heavy atom. The third-order valence-electron chi connectivity index (χ3n) is 2.80. The second-order valence-corrected chi connectivity index (χ2v) is 5.19. The first-order valence-electron chi connectivity index (χ1n) is 5.74. The van der Waals surface area contributed by atoms with Crippen molar-refractivity contribution < 1.29 is 4.79 Å². The van der Waals surface area contributed by atoms with Crippen molar-refractivity contribution in [1.29, 1.82) is 0 Å². The lowest BCUT2D eigenvalue weighted by Gasteiger charge is -2.20. The third kappa shape index (κ3) is 5.38. The number of likely N-dealkylation sites (N-methyl/N-ethyl adjacent to an activating group) is 1. The molecule has 0 fully saturated rings. The Labute approximate surface area is 123 Å². The number of hydrogen-bond donors (Lipinski definition) is 1. The van der Waals surface area contributed by atoms with E-state index in [0.717, 1.165) is 17.4 Å². The van der Waals surface area contributed by atoms with Crippen LogP contribution >= 0.6 is 28.3 Å². The van der Waals surface area contributed by atoms with Crippen LogP contribution in [-0.2, 0) is 11.2 Å². The SMILES string of the molecule is CC(CN)C(=O)N(C)CCc1ccc(Br)cc1.Cl. The first kappa shape index (κ1) is 17.4. The smallest absolute Gasteiger partial charge is 0.226 e. The van der Waals surface area contributed by atoms with Gasteiger partial charge in [-0.2, -0.15) is 0 Å². The molecule has 1 aromatic rings. The molecule has 1 rings (SSSR count). The minimum Gasteiger partial charge on any atom is -0.345 e. The number of benzene rings is 1.